The number of rotatable bonds is 8. The van der Waals surface area contributed by atoms with Crippen LogP contribution in [-0.4, -0.2) is 155 Å². The van der Waals surface area contributed by atoms with Crippen LogP contribution in [0.3, 0.4) is 0 Å². The zero-order valence-electron chi connectivity index (χ0n) is 18.3. The Morgan fingerprint density at radius 3 is 0.970 bits per heavy atom. The average molecular weight is 567 g/mol. The van der Waals surface area contributed by atoms with Crippen LogP contribution in [0.15, 0.2) is 0 Å². The summed E-state index contributed by atoms with van der Waals surface area (Å²) in [6.07, 6.45) is 0. The van der Waals surface area contributed by atoms with E-state index in [2.05, 4.69) is 0 Å². The van der Waals surface area contributed by atoms with Crippen molar-refractivity contribution in [3.8, 4) is 0 Å². The number of quaternary nitrogens is 2. The fraction of sp³-hybridized carbons (Fsp3) is 0.750. The number of nitrogens with one attached hydrogen (secondary N) is 2. The Morgan fingerprint density at radius 2 is 0.788 bits per heavy atom. The van der Waals surface area contributed by atoms with Crippen molar-refractivity contribution in [2.24, 2.45) is 0 Å². The molecule has 0 aromatic carbocycles. The third kappa shape index (κ3) is 20.8. The van der Waals surface area contributed by atoms with Crippen LogP contribution in [0.25, 0.3) is 0 Å². The maximum atomic E-state index is 11.1. The maximum Gasteiger partial charge on any atom is 0.359 e. The van der Waals surface area contributed by atoms with Gasteiger partial charge >= 0.3 is 23.9 Å². The number of hydrogen-bond acceptors (Lipinski definition) is 6. The van der Waals surface area contributed by atoms with E-state index < -0.39 is 23.9 Å². The molecule has 0 spiro atoms. The zero-order chi connectivity index (χ0) is 21.1. The molecular weight excluding hydrogens is 529 g/mol. The molecule has 0 aromatic heterocycles. The minimum atomic E-state index is -1.00. The number of aliphatic carboxylic acids is 4. The largest absolute Gasteiger partial charge is 0.480 e. The summed E-state index contributed by atoms with van der Waals surface area (Å²) in [5, 5.41) is 36.4. The molecule has 1 saturated heterocycles. The van der Waals surface area contributed by atoms with Crippen molar-refractivity contribution in [3.63, 3.8) is 0 Å². The van der Waals surface area contributed by atoms with E-state index in [1.54, 1.807) is 9.80 Å². The van der Waals surface area contributed by atoms with Crippen LogP contribution in [0.1, 0.15) is 0 Å². The van der Waals surface area contributed by atoms with Crippen molar-refractivity contribution in [2.45, 2.75) is 0 Å². The van der Waals surface area contributed by atoms with E-state index in [4.69, 9.17) is 20.4 Å². The summed E-state index contributed by atoms with van der Waals surface area (Å²) < 4.78 is 0. The van der Waals surface area contributed by atoms with Crippen molar-refractivity contribution < 1.29 is 97.5 Å². The Kier molecular flexibility index (Phi) is 28.1. The van der Waals surface area contributed by atoms with Gasteiger partial charge in [-0.1, -0.05) is 0 Å². The van der Waals surface area contributed by atoms with Gasteiger partial charge in [0, 0.05) is 52.4 Å². The second-order valence-corrected chi connectivity index (χ2v) is 6.98. The van der Waals surface area contributed by atoms with Gasteiger partial charge in [0.25, 0.3) is 0 Å². The molecule has 1 aliphatic heterocycles. The normalized spacial score (nSPS) is 19.8. The van der Waals surface area contributed by atoms with Gasteiger partial charge in [-0.3, -0.25) is 19.4 Å². The van der Waals surface area contributed by atoms with Crippen molar-refractivity contribution in [2.75, 3.05) is 78.5 Å². The molecule has 1 aliphatic rings. The van der Waals surface area contributed by atoms with Crippen LogP contribution >= 0.6 is 0 Å². The Morgan fingerprint density at radius 1 is 0.545 bits per heavy atom. The molecule has 0 saturated carbocycles. The van der Waals surface area contributed by atoms with Crippen LogP contribution in [-0.2, 0) is 45.4 Å². The van der Waals surface area contributed by atoms with E-state index in [1.165, 1.54) is 0 Å². The quantitative estimate of drug-likeness (QED) is 0.161. The summed E-state index contributed by atoms with van der Waals surface area (Å²) in [7, 11) is 0. The van der Waals surface area contributed by atoms with Gasteiger partial charge in [-0.2, -0.15) is 0 Å². The molecule has 0 aromatic rings. The van der Waals surface area contributed by atoms with Gasteiger partial charge in [0.05, 0.1) is 39.3 Å². The van der Waals surface area contributed by atoms with Crippen molar-refractivity contribution >= 4 is 23.9 Å². The van der Waals surface area contributed by atoms with Crippen molar-refractivity contribution in [3.05, 3.63) is 0 Å². The van der Waals surface area contributed by atoms with Crippen molar-refractivity contribution in [1.82, 2.24) is 9.80 Å². The minimum absolute atomic E-state index is 0. The summed E-state index contributed by atoms with van der Waals surface area (Å²) in [5.74, 6) is -3.96. The van der Waals surface area contributed by atoms with Crippen LogP contribution in [0.4, 0.5) is 0 Å². The minimum Gasteiger partial charge on any atom is -0.480 e. The van der Waals surface area contributed by atoms with Gasteiger partial charge in [-0.05, 0) is 0 Å². The number of nitrogens with zero attached hydrogens (tertiary/aromatic N) is 2. The van der Waals surface area contributed by atoms with Crippen molar-refractivity contribution in [1.29, 1.82) is 0 Å². The molecule has 17 heteroatoms. The van der Waals surface area contributed by atoms with Gasteiger partial charge in [0.1, 0.15) is 0 Å². The predicted octanol–water partition coefficient (Wildman–Crippen LogP) is -8.59. The molecule has 1 fully saturated rings. The fourth-order valence-corrected chi connectivity index (χ4v) is 3.22. The van der Waals surface area contributed by atoms with Gasteiger partial charge in [-0.15, -0.1) is 0 Å². The summed E-state index contributed by atoms with van der Waals surface area (Å²) in [6, 6.07) is 0. The second kappa shape index (κ2) is 22.2. The summed E-state index contributed by atoms with van der Waals surface area (Å²) in [5.41, 5.74) is 0. The molecule has 14 N–H and O–H groups in total. The van der Waals surface area contributed by atoms with Gasteiger partial charge in [0.2, 0.25) is 0 Å². The topological polar surface area (TPSA) is 291 Å². The van der Waals surface area contributed by atoms with E-state index >= 15 is 0 Å². The molecule has 16 nitrogen and oxygen atoms in total. The van der Waals surface area contributed by atoms with E-state index in [0.717, 1.165) is 9.80 Å². The Hall–Kier alpha value is -1.56. The Labute approximate surface area is 209 Å². The molecular formula is C16H38N4O12Zr+2. The predicted molar refractivity (Wildman–Crippen MR) is 109 cm³/mol. The van der Waals surface area contributed by atoms with Gasteiger partial charge < -0.3 is 52.1 Å². The maximum absolute atomic E-state index is 11.1. The molecule has 33 heavy (non-hydrogen) atoms. The first kappa shape index (κ1) is 41.7. The van der Waals surface area contributed by atoms with E-state index in [9.17, 15) is 19.2 Å². The van der Waals surface area contributed by atoms with Crippen LogP contribution in [0, 0.1) is 0 Å². The monoisotopic (exact) mass is 567 g/mol. The summed E-state index contributed by atoms with van der Waals surface area (Å²) in [6.45, 7) is 2.33. The number of carboxylic acid groups (broad SMARTS) is 4. The number of carboxylic acids is 4. The fourth-order valence-electron chi connectivity index (χ4n) is 3.22. The average Bonchev–Trinajstić information content (AvgIpc) is 2.55. The third-order valence-corrected chi connectivity index (χ3v) is 4.65. The molecule has 0 radical (unpaired) electrons. The van der Waals surface area contributed by atoms with E-state index in [-0.39, 0.29) is 74.3 Å². The first-order chi connectivity index (χ1) is 13.2. The first-order valence-electron chi connectivity index (χ1n) is 9.14. The molecule has 0 bridgehead atoms. The van der Waals surface area contributed by atoms with E-state index in [0.29, 0.717) is 52.4 Å². The SMILES string of the molecule is O.O.O.O.O=C(O)CN1CC[NH+](CC(=O)O)CCN(CC(=O)O)CC[NH+](CC(=O)O)CC1.[89Zr]. The van der Waals surface area contributed by atoms with Crippen LogP contribution in [0.5, 0.6) is 0 Å². The number of carbonyl (C=O) groups is 4. The van der Waals surface area contributed by atoms with Gasteiger partial charge in [-0.25, -0.2) is 9.59 Å². The third-order valence-electron chi connectivity index (χ3n) is 4.65. The molecule has 196 valence electrons. The smallest absolute Gasteiger partial charge is 0.359 e. The molecule has 1 heterocycles. The molecule has 0 aliphatic carbocycles. The van der Waals surface area contributed by atoms with E-state index in [1.807, 2.05) is 0 Å². The summed E-state index contributed by atoms with van der Waals surface area (Å²) >= 11 is 0. The van der Waals surface area contributed by atoms with Crippen LogP contribution in [0.2, 0.25) is 0 Å². The summed E-state index contributed by atoms with van der Waals surface area (Å²) in [4.78, 5) is 49.3. The Bertz CT molecular complexity index is 460. The van der Waals surface area contributed by atoms with Crippen LogP contribution < -0.4 is 9.80 Å². The Balaban J connectivity index is -0.000000523. The number of hydrogen-bond donors (Lipinski definition) is 6. The van der Waals surface area contributed by atoms with Gasteiger partial charge in [0.15, 0.2) is 13.1 Å². The molecule has 0 unspecified atom stereocenters. The second-order valence-electron chi connectivity index (χ2n) is 6.98. The molecule has 0 amide bonds. The zero-order valence-corrected chi connectivity index (χ0v) is 20.8. The standard InChI is InChI=1S/C16H28N4O8.4H2O.Zr/c21-13(22)9-17-1-2-18(10-14(23)24)5-6-20(12-16(27)28)8-7-19(4-3-17)11-15(25)26;;;;;/h1-12H2,(H,21,22)(H,23,24)(H,25,26)(H,27,28);4*1H2;/p+2/i;;;;;1-2. The molecule has 0 atom stereocenters. The first-order valence-corrected chi connectivity index (χ1v) is 9.14. The molecule has 1 rings (SSSR count).